The van der Waals surface area contributed by atoms with Gasteiger partial charge in [-0.2, -0.15) is 0 Å². The summed E-state index contributed by atoms with van der Waals surface area (Å²) in [7, 11) is 0. The fourth-order valence-electron chi connectivity index (χ4n) is 1.27. The summed E-state index contributed by atoms with van der Waals surface area (Å²) in [5.74, 6) is 0. The van der Waals surface area contributed by atoms with E-state index < -0.39 is 0 Å². The van der Waals surface area contributed by atoms with Gasteiger partial charge >= 0.3 is 0 Å². The molecule has 0 saturated carbocycles. The van der Waals surface area contributed by atoms with E-state index in [2.05, 4.69) is 16.4 Å². The lowest BCUT2D eigenvalue weighted by atomic mass is 10.1. The number of aliphatic imine (C=N–C) groups is 1. The highest BCUT2D eigenvalue weighted by Gasteiger charge is 2.19. The van der Waals surface area contributed by atoms with Gasteiger partial charge in [-0.3, -0.25) is 0 Å². The van der Waals surface area contributed by atoms with Crippen LogP contribution in [0.5, 0.6) is 0 Å². The maximum atomic E-state index is 4.29. The Hall–Kier alpha value is -1.05. The molecule has 0 aromatic heterocycles. The minimum absolute atomic E-state index is 0.999. The molecule has 0 amide bonds. The van der Waals surface area contributed by atoms with Crippen LogP contribution in [0.2, 0.25) is 0 Å². The van der Waals surface area contributed by atoms with Crippen LogP contribution in [0.3, 0.4) is 0 Å². The van der Waals surface area contributed by atoms with Crippen LogP contribution in [0.1, 0.15) is 19.3 Å². The maximum Gasteiger partial charge on any atom is 0.276 e. The first-order chi connectivity index (χ1) is 4.97. The molecular weight excluding hydrogens is 124 g/mol. The Balaban J connectivity index is 2.25. The molecule has 2 aliphatic rings. The first-order valence-corrected chi connectivity index (χ1v) is 3.63. The molecule has 0 aliphatic carbocycles. The Bertz CT molecular complexity index is 223. The largest absolute Gasteiger partial charge is 0.360 e. The highest BCUT2D eigenvalue weighted by atomic mass is 14.9. The van der Waals surface area contributed by atoms with Crippen molar-refractivity contribution in [3.05, 3.63) is 23.7 Å². The zero-order valence-electron chi connectivity index (χ0n) is 5.80. The Kier molecular flexibility index (Phi) is 1.31. The van der Waals surface area contributed by atoms with Gasteiger partial charge < -0.3 is 5.32 Å². The number of hydrogen-bond acceptors (Lipinski definition) is 2. The molecule has 2 rings (SSSR count). The number of rotatable bonds is 0. The molecule has 0 aromatic carbocycles. The molecule has 1 radical (unpaired) electrons. The lowest BCUT2D eigenvalue weighted by molar-refractivity contribution is 0.798. The van der Waals surface area contributed by atoms with Crippen molar-refractivity contribution >= 4 is 6.21 Å². The zero-order chi connectivity index (χ0) is 6.81. The quantitative estimate of drug-likeness (QED) is 0.523. The predicted octanol–water partition coefficient (Wildman–Crippen LogP) is 0.905. The van der Waals surface area contributed by atoms with E-state index in [1.165, 1.54) is 11.4 Å². The lowest BCUT2D eigenvalue weighted by Crippen LogP contribution is -2.18. The standard InChI is InChI=1S/C8H10N2/c1-3-7-8(9-5-1)4-2-6-10-7/h1,5-6,9H,2-4H2/q+1. The van der Waals surface area contributed by atoms with E-state index in [0.717, 1.165) is 19.3 Å². The molecule has 0 saturated heterocycles. The summed E-state index contributed by atoms with van der Waals surface area (Å²) in [6.45, 7) is 0. The van der Waals surface area contributed by atoms with Crippen molar-refractivity contribution in [2.75, 3.05) is 0 Å². The van der Waals surface area contributed by atoms with Crippen molar-refractivity contribution in [3.8, 4) is 0 Å². The normalized spacial score (nSPS) is 22.4. The molecule has 0 aromatic rings. The number of nitrogens with one attached hydrogen (secondary N) is 1. The van der Waals surface area contributed by atoms with Gasteiger partial charge in [0.25, 0.3) is 5.70 Å². The number of nitrogens with zero attached hydrogens (tertiary/aromatic N) is 1. The van der Waals surface area contributed by atoms with Crippen molar-refractivity contribution in [2.45, 2.75) is 19.3 Å². The number of allylic oxidation sites excluding steroid dienone is 2. The molecule has 2 heteroatoms. The number of hydrogen-bond donors (Lipinski definition) is 1. The second kappa shape index (κ2) is 2.29. The molecule has 0 spiro atoms. The third-order valence-corrected chi connectivity index (χ3v) is 1.81. The van der Waals surface area contributed by atoms with Crippen molar-refractivity contribution in [1.29, 1.82) is 0 Å². The van der Waals surface area contributed by atoms with Gasteiger partial charge in [0.15, 0.2) is 0 Å². The molecule has 1 N–H and O–H groups in total. The highest BCUT2D eigenvalue weighted by Crippen LogP contribution is 2.15. The Morgan fingerprint density at radius 1 is 1.50 bits per heavy atom. The summed E-state index contributed by atoms with van der Waals surface area (Å²) < 4.78 is 0. The van der Waals surface area contributed by atoms with Crippen LogP contribution < -0.4 is 10.3 Å². The Morgan fingerprint density at radius 3 is 3.40 bits per heavy atom. The van der Waals surface area contributed by atoms with Gasteiger partial charge in [0.2, 0.25) is 6.21 Å². The topological polar surface area (TPSA) is 26.1 Å². The molecule has 0 bridgehead atoms. The van der Waals surface area contributed by atoms with E-state index in [9.17, 15) is 0 Å². The first kappa shape index (κ1) is 5.71. The minimum Gasteiger partial charge on any atom is -0.360 e. The SMILES string of the molecule is C1=CNC2=C(C1)[N+]=CCC2. The Morgan fingerprint density at radius 2 is 2.50 bits per heavy atom. The smallest absolute Gasteiger partial charge is 0.276 e. The fourth-order valence-corrected chi connectivity index (χ4v) is 1.27. The third kappa shape index (κ3) is 0.856. The second-order valence-corrected chi connectivity index (χ2v) is 2.53. The van der Waals surface area contributed by atoms with Gasteiger partial charge in [-0.15, -0.1) is 0 Å². The van der Waals surface area contributed by atoms with Gasteiger partial charge in [0.1, 0.15) is 0 Å². The zero-order valence-corrected chi connectivity index (χ0v) is 5.80. The van der Waals surface area contributed by atoms with Crippen LogP contribution in [0.4, 0.5) is 0 Å². The third-order valence-electron chi connectivity index (χ3n) is 1.81. The summed E-state index contributed by atoms with van der Waals surface area (Å²) in [5.41, 5.74) is 2.53. The van der Waals surface area contributed by atoms with E-state index >= 15 is 0 Å². The summed E-state index contributed by atoms with van der Waals surface area (Å²) >= 11 is 0. The van der Waals surface area contributed by atoms with Crippen molar-refractivity contribution in [1.82, 2.24) is 10.3 Å². The number of dihydropyridines is 1. The van der Waals surface area contributed by atoms with E-state index in [1.807, 2.05) is 12.4 Å². The summed E-state index contributed by atoms with van der Waals surface area (Å²) in [4.78, 5) is 4.29. The monoisotopic (exact) mass is 134 g/mol. The van der Waals surface area contributed by atoms with E-state index in [0.29, 0.717) is 0 Å². The maximum absolute atomic E-state index is 4.29. The lowest BCUT2D eigenvalue weighted by Gasteiger charge is -2.09. The highest BCUT2D eigenvalue weighted by molar-refractivity contribution is 5.60. The molecule has 0 unspecified atom stereocenters. The second-order valence-electron chi connectivity index (χ2n) is 2.53. The van der Waals surface area contributed by atoms with E-state index in [1.54, 1.807) is 0 Å². The summed E-state index contributed by atoms with van der Waals surface area (Å²) in [6, 6.07) is 0. The van der Waals surface area contributed by atoms with Crippen LogP contribution in [-0.2, 0) is 0 Å². The molecule has 51 valence electrons. The first-order valence-electron chi connectivity index (χ1n) is 3.63. The summed E-state index contributed by atoms with van der Waals surface area (Å²) in [5, 5.41) is 3.21. The average Bonchev–Trinajstić information content (AvgIpc) is 2.05. The molecule has 2 nitrogen and oxygen atoms in total. The molecule has 2 heterocycles. The van der Waals surface area contributed by atoms with Gasteiger partial charge in [-0.05, 0) is 6.20 Å². The van der Waals surface area contributed by atoms with Crippen LogP contribution in [0.15, 0.2) is 23.7 Å². The molecule has 0 atom stereocenters. The van der Waals surface area contributed by atoms with Crippen LogP contribution in [0.25, 0.3) is 0 Å². The molecule has 10 heavy (non-hydrogen) atoms. The van der Waals surface area contributed by atoms with E-state index in [4.69, 9.17) is 0 Å². The van der Waals surface area contributed by atoms with E-state index in [-0.39, 0.29) is 0 Å². The van der Waals surface area contributed by atoms with Crippen molar-refractivity contribution in [2.24, 2.45) is 0 Å². The van der Waals surface area contributed by atoms with Gasteiger partial charge in [-0.25, -0.2) is 0 Å². The van der Waals surface area contributed by atoms with Gasteiger partial charge in [0, 0.05) is 12.8 Å². The predicted molar refractivity (Wildman–Crippen MR) is 41.4 cm³/mol. The minimum atomic E-state index is 0.999. The molecule has 2 aliphatic heterocycles. The van der Waals surface area contributed by atoms with Crippen LogP contribution in [-0.4, -0.2) is 6.21 Å². The summed E-state index contributed by atoms with van der Waals surface area (Å²) in [6.07, 6.45) is 9.31. The Labute approximate surface area is 60.3 Å². The van der Waals surface area contributed by atoms with Crippen molar-refractivity contribution < 1.29 is 0 Å². The average molecular weight is 134 g/mol. The van der Waals surface area contributed by atoms with Gasteiger partial charge in [-0.1, -0.05) is 6.08 Å². The van der Waals surface area contributed by atoms with Crippen LogP contribution >= 0.6 is 0 Å². The van der Waals surface area contributed by atoms with Gasteiger partial charge in [0.05, 0.1) is 17.1 Å². The molecule has 0 fully saturated rings. The molecular formula is C8H10N2+. The fraction of sp³-hybridized carbons (Fsp3) is 0.375. The van der Waals surface area contributed by atoms with Crippen molar-refractivity contribution in [3.63, 3.8) is 0 Å². The van der Waals surface area contributed by atoms with Crippen LogP contribution in [0, 0.1) is 0 Å².